The van der Waals surface area contributed by atoms with E-state index in [-0.39, 0.29) is 11.8 Å². The van der Waals surface area contributed by atoms with Gasteiger partial charge in [-0.1, -0.05) is 57.8 Å². The molecule has 26 heavy (non-hydrogen) atoms. The second-order valence-corrected chi connectivity index (χ2v) is 7.90. The van der Waals surface area contributed by atoms with Gasteiger partial charge in [0.1, 0.15) is 11.5 Å². The second kappa shape index (κ2) is 12.0. The molecule has 2 rings (SSSR count). The summed E-state index contributed by atoms with van der Waals surface area (Å²) < 4.78 is 5.25. The number of ketones is 1. The number of methoxy groups -OCH3 is 1. The van der Waals surface area contributed by atoms with E-state index in [4.69, 9.17) is 4.74 Å². The minimum Gasteiger partial charge on any atom is -0.497 e. The van der Waals surface area contributed by atoms with Crippen molar-refractivity contribution in [1.82, 2.24) is 0 Å². The summed E-state index contributed by atoms with van der Waals surface area (Å²) in [6.45, 7) is 1.72. The van der Waals surface area contributed by atoms with Crippen molar-refractivity contribution in [3.8, 4) is 5.75 Å². The molecule has 0 radical (unpaired) electrons. The van der Waals surface area contributed by atoms with Crippen LogP contribution in [0, 0.1) is 5.92 Å². The molecule has 3 nitrogen and oxygen atoms in total. The molecule has 1 saturated carbocycles. The fourth-order valence-corrected chi connectivity index (χ4v) is 4.14. The molecule has 1 N–H and O–H groups in total. The summed E-state index contributed by atoms with van der Waals surface area (Å²) in [7, 11) is 1.69. The number of hydrogen-bond donors (Lipinski definition) is 1. The van der Waals surface area contributed by atoms with Gasteiger partial charge in [0.05, 0.1) is 7.11 Å². The zero-order valence-corrected chi connectivity index (χ0v) is 16.8. The van der Waals surface area contributed by atoms with Crippen LogP contribution in [0.4, 0.5) is 5.69 Å². The first kappa shape index (κ1) is 20.8. The van der Waals surface area contributed by atoms with E-state index in [2.05, 4.69) is 17.4 Å². The molecule has 0 bridgehead atoms. The molecular weight excluding hydrogens is 322 g/mol. The highest BCUT2D eigenvalue weighted by molar-refractivity contribution is 5.76. The Morgan fingerprint density at radius 1 is 0.962 bits per heavy atom. The van der Waals surface area contributed by atoms with Crippen LogP contribution in [0.1, 0.15) is 84.0 Å². The molecule has 1 aliphatic rings. The van der Waals surface area contributed by atoms with E-state index in [9.17, 15) is 4.79 Å². The van der Waals surface area contributed by atoms with Crippen molar-refractivity contribution >= 4 is 11.5 Å². The van der Waals surface area contributed by atoms with Gasteiger partial charge in [-0.3, -0.25) is 4.79 Å². The SMILES string of the molecule is COc1ccc(N[C@@H](CC(C)=O)C2CCCCCCCCCCC2)cc1. The largest absolute Gasteiger partial charge is 0.497 e. The molecule has 146 valence electrons. The molecule has 0 heterocycles. The van der Waals surface area contributed by atoms with E-state index >= 15 is 0 Å². The third-order valence-electron chi connectivity index (χ3n) is 5.67. The number of nitrogens with one attached hydrogen (secondary N) is 1. The van der Waals surface area contributed by atoms with Gasteiger partial charge in [-0.15, -0.1) is 0 Å². The van der Waals surface area contributed by atoms with Gasteiger partial charge in [0.25, 0.3) is 0 Å². The van der Waals surface area contributed by atoms with Gasteiger partial charge in [0.15, 0.2) is 0 Å². The average Bonchev–Trinajstić information content (AvgIpc) is 2.62. The lowest BCUT2D eigenvalue weighted by molar-refractivity contribution is -0.117. The number of Topliss-reactive ketones (excluding diaryl/α,β-unsaturated/α-hetero) is 1. The van der Waals surface area contributed by atoms with E-state index in [1.807, 2.05) is 12.1 Å². The Balaban J connectivity index is 2.03. The summed E-state index contributed by atoms with van der Waals surface area (Å²) in [5.74, 6) is 1.73. The maximum absolute atomic E-state index is 11.9. The number of carbonyl (C=O) groups is 1. The van der Waals surface area contributed by atoms with Crippen molar-refractivity contribution in [2.24, 2.45) is 5.92 Å². The lowest BCUT2D eigenvalue weighted by atomic mass is 9.85. The first-order valence-corrected chi connectivity index (χ1v) is 10.6. The summed E-state index contributed by atoms with van der Waals surface area (Å²) in [6, 6.07) is 8.31. The van der Waals surface area contributed by atoms with Crippen LogP contribution in [0.3, 0.4) is 0 Å². The Kier molecular flexibility index (Phi) is 9.58. The molecule has 1 aromatic carbocycles. The predicted molar refractivity (Wildman–Crippen MR) is 110 cm³/mol. The number of ether oxygens (including phenoxy) is 1. The molecule has 1 aromatic rings. The molecule has 0 aromatic heterocycles. The fourth-order valence-electron chi connectivity index (χ4n) is 4.14. The van der Waals surface area contributed by atoms with Crippen molar-refractivity contribution in [3.05, 3.63) is 24.3 Å². The lowest BCUT2D eigenvalue weighted by Crippen LogP contribution is -2.31. The maximum Gasteiger partial charge on any atom is 0.131 e. The number of rotatable bonds is 6. The Labute approximate surface area is 159 Å². The normalized spacial score (nSPS) is 19.0. The summed E-state index contributed by atoms with van der Waals surface area (Å²) in [5, 5.41) is 3.67. The minimum atomic E-state index is 0.240. The second-order valence-electron chi connectivity index (χ2n) is 7.90. The van der Waals surface area contributed by atoms with Crippen LogP contribution in [0.25, 0.3) is 0 Å². The quantitative estimate of drug-likeness (QED) is 0.641. The topological polar surface area (TPSA) is 38.3 Å². The molecule has 0 saturated heterocycles. The van der Waals surface area contributed by atoms with Crippen molar-refractivity contribution in [1.29, 1.82) is 0 Å². The lowest BCUT2D eigenvalue weighted by Gasteiger charge is -2.29. The van der Waals surface area contributed by atoms with E-state index in [0.717, 1.165) is 11.4 Å². The van der Waals surface area contributed by atoms with Crippen molar-refractivity contribution in [2.75, 3.05) is 12.4 Å². The Hall–Kier alpha value is -1.51. The summed E-state index contributed by atoms with van der Waals surface area (Å²) in [5.41, 5.74) is 1.09. The number of benzene rings is 1. The third kappa shape index (κ3) is 7.80. The highest BCUT2D eigenvalue weighted by Gasteiger charge is 2.22. The highest BCUT2D eigenvalue weighted by Crippen LogP contribution is 2.28. The van der Waals surface area contributed by atoms with Gasteiger partial charge in [-0.2, -0.15) is 0 Å². The highest BCUT2D eigenvalue weighted by atomic mass is 16.5. The predicted octanol–water partition coefficient (Wildman–Crippen LogP) is 6.38. The van der Waals surface area contributed by atoms with E-state index in [1.165, 1.54) is 70.6 Å². The molecule has 0 amide bonds. The van der Waals surface area contributed by atoms with Gasteiger partial charge >= 0.3 is 0 Å². The van der Waals surface area contributed by atoms with Crippen LogP contribution in [-0.2, 0) is 4.79 Å². The molecule has 1 aliphatic carbocycles. The fraction of sp³-hybridized carbons (Fsp3) is 0.696. The van der Waals surface area contributed by atoms with Crippen molar-refractivity contribution < 1.29 is 9.53 Å². The van der Waals surface area contributed by atoms with Crippen molar-refractivity contribution in [2.45, 2.75) is 90.0 Å². The maximum atomic E-state index is 11.9. The van der Waals surface area contributed by atoms with Gasteiger partial charge in [0.2, 0.25) is 0 Å². The number of anilines is 1. The zero-order valence-electron chi connectivity index (χ0n) is 16.8. The molecular formula is C23H37NO2. The molecule has 1 atom stereocenters. The Morgan fingerprint density at radius 2 is 1.46 bits per heavy atom. The minimum absolute atomic E-state index is 0.240. The van der Waals surface area contributed by atoms with E-state index in [1.54, 1.807) is 14.0 Å². The smallest absolute Gasteiger partial charge is 0.131 e. The van der Waals surface area contributed by atoms with Gasteiger partial charge in [-0.25, -0.2) is 0 Å². The number of carbonyl (C=O) groups excluding carboxylic acids is 1. The molecule has 0 aliphatic heterocycles. The molecule has 0 unspecified atom stereocenters. The van der Waals surface area contributed by atoms with Gasteiger partial charge < -0.3 is 10.1 Å². The van der Waals surface area contributed by atoms with E-state index in [0.29, 0.717) is 12.3 Å². The van der Waals surface area contributed by atoms with Crippen LogP contribution >= 0.6 is 0 Å². The monoisotopic (exact) mass is 359 g/mol. The van der Waals surface area contributed by atoms with Gasteiger partial charge in [-0.05, 0) is 49.9 Å². The standard InChI is InChI=1S/C23H37NO2/c1-19(25)18-23(24-21-14-16-22(26-2)17-15-21)20-12-10-8-6-4-3-5-7-9-11-13-20/h14-17,20,23-24H,3-13,18H2,1-2H3/t23-/m0/s1. The molecule has 3 heteroatoms. The first-order chi connectivity index (χ1) is 12.7. The van der Waals surface area contributed by atoms with E-state index < -0.39 is 0 Å². The van der Waals surface area contributed by atoms with Crippen LogP contribution in [0.2, 0.25) is 0 Å². The van der Waals surface area contributed by atoms with Crippen LogP contribution < -0.4 is 10.1 Å². The van der Waals surface area contributed by atoms with Crippen LogP contribution in [0.5, 0.6) is 5.75 Å². The zero-order chi connectivity index (χ0) is 18.6. The number of hydrogen-bond acceptors (Lipinski definition) is 3. The van der Waals surface area contributed by atoms with Gasteiger partial charge in [0, 0.05) is 18.2 Å². The molecule has 0 spiro atoms. The van der Waals surface area contributed by atoms with Crippen molar-refractivity contribution in [3.63, 3.8) is 0 Å². The molecule has 1 fully saturated rings. The third-order valence-corrected chi connectivity index (χ3v) is 5.67. The summed E-state index contributed by atoms with van der Waals surface area (Å²) in [6.07, 6.45) is 15.3. The first-order valence-electron chi connectivity index (χ1n) is 10.6. The summed E-state index contributed by atoms with van der Waals surface area (Å²) in [4.78, 5) is 11.9. The average molecular weight is 360 g/mol. The van der Waals surface area contributed by atoms with Crippen LogP contribution in [-0.4, -0.2) is 18.9 Å². The Bertz CT molecular complexity index is 499. The summed E-state index contributed by atoms with van der Waals surface area (Å²) >= 11 is 0. The van der Waals surface area contributed by atoms with Crippen LogP contribution in [0.15, 0.2) is 24.3 Å². The Morgan fingerprint density at radius 3 is 1.92 bits per heavy atom.